The topological polar surface area (TPSA) is 98.2 Å². The van der Waals surface area contributed by atoms with Crippen LogP contribution in [0.3, 0.4) is 0 Å². The van der Waals surface area contributed by atoms with E-state index in [-0.39, 0.29) is 11.5 Å². The Kier molecular flexibility index (Phi) is 3.77. The van der Waals surface area contributed by atoms with Crippen LogP contribution >= 0.6 is 12.2 Å². The van der Waals surface area contributed by atoms with Crippen molar-refractivity contribution in [1.29, 1.82) is 0 Å². The van der Waals surface area contributed by atoms with Gasteiger partial charge in [0, 0.05) is 6.07 Å². The van der Waals surface area contributed by atoms with E-state index in [1.807, 2.05) is 0 Å². The lowest BCUT2D eigenvalue weighted by atomic mass is 10.5. The van der Waals surface area contributed by atoms with E-state index in [1.54, 1.807) is 6.07 Å². The van der Waals surface area contributed by atoms with Crippen LogP contribution in [0.5, 0.6) is 0 Å². The van der Waals surface area contributed by atoms with E-state index >= 15 is 0 Å². The number of hydrogen-bond donors (Lipinski definition) is 2. The van der Waals surface area contributed by atoms with Crippen LogP contribution in [0, 0.1) is 0 Å². The van der Waals surface area contributed by atoms with Crippen molar-refractivity contribution in [2.45, 2.75) is 18.7 Å². The zero-order valence-corrected chi connectivity index (χ0v) is 9.64. The molecule has 6 nitrogen and oxygen atoms in total. The lowest BCUT2D eigenvalue weighted by molar-refractivity contribution is 0.380. The Labute approximate surface area is 92.9 Å². The quantitative estimate of drug-likeness (QED) is 0.699. The highest BCUT2D eigenvalue weighted by atomic mass is 32.2. The molecule has 0 aliphatic carbocycles. The Morgan fingerprint density at radius 2 is 2.47 bits per heavy atom. The summed E-state index contributed by atoms with van der Waals surface area (Å²) in [6.07, 6.45) is 1.43. The Morgan fingerprint density at radius 3 is 2.93 bits per heavy atom. The maximum atomic E-state index is 11.5. The van der Waals surface area contributed by atoms with Crippen molar-refractivity contribution in [2.24, 2.45) is 5.73 Å². The monoisotopic (exact) mass is 249 g/mol. The van der Waals surface area contributed by atoms with Gasteiger partial charge < -0.3 is 10.3 Å². The second-order valence-corrected chi connectivity index (χ2v) is 5.45. The maximum absolute atomic E-state index is 11.5. The first kappa shape index (κ1) is 12.1. The van der Waals surface area contributed by atoms with Crippen molar-refractivity contribution in [3.8, 4) is 0 Å². The van der Waals surface area contributed by atoms with Gasteiger partial charge in [-0.15, -0.1) is 0 Å². The molecular weight excluding hydrogens is 238 g/mol. The van der Waals surface area contributed by atoms with Crippen molar-refractivity contribution in [2.75, 3.05) is 0 Å². The molecule has 0 fully saturated rings. The molecule has 1 unspecified atom stereocenters. The molecule has 0 aliphatic rings. The molecule has 1 aromatic rings. The predicted molar refractivity (Wildman–Crippen MR) is 58.5 cm³/mol. The summed E-state index contributed by atoms with van der Waals surface area (Å²) >= 11 is 4.60. The summed E-state index contributed by atoms with van der Waals surface area (Å²) in [4.78, 5) is -0.0694. The largest absolute Gasteiger partial charge is 0.392 e. The van der Waals surface area contributed by atoms with Gasteiger partial charge in [-0.3, -0.25) is 0 Å². The third-order valence-electron chi connectivity index (χ3n) is 1.80. The van der Waals surface area contributed by atoms with Gasteiger partial charge in [-0.25, -0.2) is 13.1 Å². The summed E-state index contributed by atoms with van der Waals surface area (Å²) in [6, 6.07) is 1.56. The number of sulfonamides is 1. The third-order valence-corrected chi connectivity index (χ3v) is 4.04. The van der Waals surface area contributed by atoms with Crippen LogP contribution in [0.25, 0.3) is 0 Å². The van der Waals surface area contributed by atoms with E-state index in [1.165, 1.54) is 13.1 Å². The molecule has 0 aromatic carbocycles. The third kappa shape index (κ3) is 3.26. The van der Waals surface area contributed by atoms with E-state index in [0.29, 0.717) is 5.76 Å². The summed E-state index contributed by atoms with van der Waals surface area (Å²) in [5.41, 5.74) is 5.25. The first-order valence-electron chi connectivity index (χ1n) is 4.11. The average molecular weight is 249 g/mol. The molecule has 0 amide bonds. The number of rotatable bonds is 5. The van der Waals surface area contributed by atoms with Gasteiger partial charge in [0.05, 0.1) is 17.7 Å². The van der Waals surface area contributed by atoms with Gasteiger partial charge in [-0.2, -0.15) is 0 Å². The molecule has 1 aromatic heterocycles. The van der Waals surface area contributed by atoms with Gasteiger partial charge in [0.15, 0.2) is 5.76 Å². The first-order chi connectivity index (χ1) is 6.93. The fourth-order valence-electron chi connectivity index (χ4n) is 0.783. The van der Waals surface area contributed by atoms with Gasteiger partial charge in [0.25, 0.3) is 0 Å². The molecular formula is C7H11N3O3S2. The van der Waals surface area contributed by atoms with Gasteiger partial charge in [-0.1, -0.05) is 17.4 Å². The van der Waals surface area contributed by atoms with Crippen LogP contribution in [0.15, 0.2) is 16.8 Å². The molecule has 8 heteroatoms. The number of nitrogens with zero attached hydrogens (tertiary/aromatic N) is 1. The zero-order chi connectivity index (χ0) is 11.5. The lowest BCUT2D eigenvalue weighted by Gasteiger charge is -2.10. The number of thiocarbonyl (C=S) groups is 1. The van der Waals surface area contributed by atoms with E-state index in [4.69, 9.17) is 10.3 Å². The van der Waals surface area contributed by atoms with Crippen LogP contribution in [0.4, 0.5) is 0 Å². The second-order valence-electron chi connectivity index (χ2n) is 2.89. The lowest BCUT2D eigenvalue weighted by Crippen LogP contribution is -2.39. The van der Waals surface area contributed by atoms with Gasteiger partial charge in [0.1, 0.15) is 5.25 Å². The summed E-state index contributed by atoms with van der Waals surface area (Å²) in [6.45, 7) is 1.46. The van der Waals surface area contributed by atoms with Crippen LogP contribution in [-0.2, 0) is 16.6 Å². The molecule has 1 atom stereocenters. The number of hydrogen-bond acceptors (Lipinski definition) is 5. The summed E-state index contributed by atoms with van der Waals surface area (Å²) in [5.74, 6) is 0.425. The van der Waals surface area contributed by atoms with Gasteiger partial charge >= 0.3 is 0 Å². The Hall–Kier alpha value is -0.990. The fraction of sp³-hybridized carbons (Fsp3) is 0.429. The zero-order valence-electron chi connectivity index (χ0n) is 8.00. The highest BCUT2D eigenvalue weighted by molar-refractivity contribution is 7.93. The van der Waals surface area contributed by atoms with Crippen LogP contribution in [0.1, 0.15) is 12.7 Å². The van der Waals surface area contributed by atoms with Crippen molar-refractivity contribution >= 4 is 27.2 Å². The summed E-state index contributed by atoms with van der Waals surface area (Å²) < 4.78 is 30.1. The SMILES string of the molecule is CC(C(N)=S)S(=O)(=O)NCc1ccno1. The minimum absolute atomic E-state index is 0.0370. The minimum Gasteiger partial charge on any atom is -0.392 e. The van der Waals surface area contributed by atoms with Crippen LogP contribution in [-0.4, -0.2) is 23.8 Å². The van der Waals surface area contributed by atoms with Gasteiger partial charge in [0.2, 0.25) is 10.0 Å². The number of aromatic nitrogens is 1. The highest BCUT2D eigenvalue weighted by Gasteiger charge is 2.22. The van der Waals surface area contributed by atoms with Crippen LogP contribution in [0.2, 0.25) is 0 Å². The standard InChI is InChI=1S/C7H11N3O3S2/c1-5(7(8)14)15(11,12)10-4-6-2-3-9-13-6/h2-3,5,10H,4H2,1H3,(H2,8,14). The van der Waals surface area contributed by atoms with E-state index in [9.17, 15) is 8.42 Å². The van der Waals surface area contributed by atoms with E-state index < -0.39 is 15.3 Å². The highest BCUT2D eigenvalue weighted by Crippen LogP contribution is 2.02. The van der Waals surface area contributed by atoms with Crippen LogP contribution < -0.4 is 10.5 Å². The summed E-state index contributed by atoms with van der Waals surface area (Å²) in [7, 11) is -3.54. The Bertz CT molecular complexity index is 426. The summed E-state index contributed by atoms with van der Waals surface area (Å²) in [5, 5.41) is 2.54. The molecule has 15 heavy (non-hydrogen) atoms. The fourth-order valence-corrected chi connectivity index (χ4v) is 2.06. The smallest absolute Gasteiger partial charge is 0.221 e. The molecule has 0 bridgehead atoms. The number of nitrogens with two attached hydrogens (primary N) is 1. The minimum atomic E-state index is -3.54. The molecule has 1 rings (SSSR count). The Balaban J connectivity index is 2.62. The second kappa shape index (κ2) is 4.69. The molecule has 0 saturated carbocycles. The Morgan fingerprint density at radius 1 is 1.80 bits per heavy atom. The van der Waals surface area contributed by atoms with Crippen molar-refractivity contribution in [3.63, 3.8) is 0 Å². The molecule has 0 spiro atoms. The van der Waals surface area contributed by atoms with Crippen molar-refractivity contribution in [1.82, 2.24) is 9.88 Å². The van der Waals surface area contributed by atoms with Gasteiger partial charge in [-0.05, 0) is 6.92 Å². The maximum Gasteiger partial charge on any atom is 0.221 e. The first-order valence-corrected chi connectivity index (χ1v) is 6.06. The van der Waals surface area contributed by atoms with E-state index in [0.717, 1.165) is 0 Å². The van der Waals surface area contributed by atoms with Crippen molar-refractivity contribution in [3.05, 3.63) is 18.0 Å². The average Bonchev–Trinajstić information content (AvgIpc) is 2.66. The molecule has 3 N–H and O–H groups in total. The van der Waals surface area contributed by atoms with E-state index in [2.05, 4.69) is 22.1 Å². The number of nitrogens with one attached hydrogen (secondary N) is 1. The molecule has 1 heterocycles. The predicted octanol–water partition coefficient (Wildman–Crippen LogP) is -0.231. The normalized spacial score (nSPS) is 13.7. The molecule has 0 saturated heterocycles. The van der Waals surface area contributed by atoms with Crippen molar-refractivity contribution < 1.29 is 12.9 Å². The molecule has 0 radical (unpaired) electrons. The molecule has 0 aliphatic heterocycles. The molecule has 84 valence electrons.